The van der Waals surface area contributed by atoms with Crippen LogP contribution in [0.5, 0.6) is 0 Å². The fourth-order valence-corrected chi connectivity index (χ4v) is 2.34. The van der Waals surface area contributed by atoms with Crippen molar-refractivity contribution in [1.82, 2.24) is 0 Å². The van der Waals surface area contributed by atoms with Crippen LogP contribution >= 0.6 is 0 Å². The van der Waals surface area contributed by atoms with E-state index in [1.165, 1.54) is 6.42 Å². The fraction of sp³-hybridized carbons (Fsp3) is 0.429. The molecule has 0 heterocycles. The van der Waals surface area contributed by atoms with E-state index in [0.717, 1.165) is 19.3 Å². The predicted molar refractivity (Wildman–Crippen MR) is 62.1 cm³/mol. The molecule has 0 bridgehead atoms. The average molecular weight is 186 g/mol. The molecule has 14 heavy (non-hydrogen) atoms. The normalized spacial score (nSPS) is 21.3. The maximum absolute atomic E-state index is 2.31. The van der Waals surface area contributed by atoms with Crippen LogP contribution < -0.4 is 0 Å². The first-order valence-corrected chi connectivity index (χ1v) is 5.55. The van der Waals surface area contributed by atoms with Crippen LogP contribution in [0.3, 0.4) is 0 Å². The maximum Gasteiger partial charge on any atom is -0.00887 e. The Morgan fingerprint density at radius 1 is 1.00 bits per heavy atom. The predicted octanol–water partition coefficient (Wildman–Crippen LogP) is 4.32. The van der Waals surface area contributed by atoms with E-state index in [2.05, 4.69) is 38.2 Å². The van der Waals surface area contributed by atoms with Gasteiger partial charge in [0, 0.05) is 0 Å². The van der Waals surface area contributed by atoms with Gasteiger partial charge in [0.1, 0.15) is 0 Å². The number of allylic oxidation sites excluding steroid dienone is 8. The highest BCUT2D eigenvalue weighted by Crippen LogP contribution is 2.34. The SMILES string of the molecule is CCC1=C(C2=C(C)CC=CC2)CC=C1. The lowest BCUT2D eigenvalue weighted by Gasteiger charge is -2.16. The van der Waals surface area contributed by atoms with Crippen LogP contribution in [-0.4, -0.2) is 0 Å². The highest BCUT2D eigenvalue weighted by molar-refractivity contribution is 5.49. The van der Waals surface area contributed by atoms with Crippen LogP contribution in [0.25, 0.3) is 0 Å². The summed E-state index contributed by atoms with van der Waals surface area (Å²) in [5.41, 5.74) is 6.33. The molecule has 0 aromatic rings. The number of hydrogen-bond donors (Lipinski definition) is 0. The van der Waals surface area contributed by atoms with E-state index in [0.29, 0.717) is 0 Å². The Morgan fingerprint density at radius 3 is 2.43 bits per heavy atom. The monoisotopic (exact) mass is 186 g/mol. The first-order chi connectivity index (χ1) is 6.83. The van der Waals surface area contributed by atoms with Gasteiger partial charge >= 0.3 is 0 Å². The van der Waals surface area contributed by atoms with Gasteiger partial charge < -0.3 is 0 Å². The van der Waals surface area contributed by atoms with Crippen molar-refractivity contribution in [3.8, 4) is 0 Å². The molecule has 0 saturated heterocycles. The molecule has 0 radical (unpaired) electrons. The first-order valence-electron chi connectivity index (χ1n) is 5.55. The summed E-state index contributed by atoms with van der Waals surface area (Å²) in [7, 11) is 0. The van der Waals surface area contributed by atoms with Crippen molar-refractivity contribution in [3.63, 3.8) is 0 Å². The second-order valence-electron chi connectivity index (χ2n) is 4.10. The minimum Gasteiger partial charge on any atom is -0.0841 e. The average Bonchev–Trinajstić information content (AvgIpc) is 2.66. The molecule has 0 amide bonds. The van der Waals surface area contributed by atoms with Gasteiger partial charge in [-0.2, -0.15) is 0 Å². The Kier molecular flexibility index (Phi) is 2.72. The zero-order valence-corrected chi connectivity index (χ0v) is 9.14. The van der Waals surface area contributed by atoms with Gasteiger partial charge in [-0.1, -0.05) is 36.8 Å². The highest BCUT2D eigenvalue weighted by Gasteiger charge is 2.14. The van der Waals surface area contributed by atoms with E-state index < -0.39 is 0 Å². The summed E-state index contributed by atoms with van der Waals surface area (Å²) in [6, 6.07) is 0. The van der Waals surface area contributed by atoms with Crippen LogP contribution in [0, 0.1) is 0 Å². The molecule has 0 N–H and O–H groups in total. The van der Waals surface area contributed by atoms with Gasteiger partial charge in [0.25, 0.3) is 0 Å². The van der Waals surface area contributed by atoms with Gasteiger partial charge in [-0.25, -0.2) is 0 Å². The molecule has 74 valence electrons. The molecule has 0 heteroatoms. The lowest BCUT2D eigenvalue weighted by atomic mass is 9.89. The van der Waals surface area contributed by atoms with E-state index in [-0.39, 0.29) is 0 Å². The quantitative estimate of drug-likeness (QED) is 0.563. The van der Waals surface area contributed by atoms with Crippen molar-refractivity contribution < 1.29 is 0 Å². The molecular formula is C14H18. The van der Waals surface area contributed by atoms with Crippen LogP contribution in [0.2, 0.25) is 0 Å². The summed E-state index contributed by atoms with van der Waals surface area (Å²) >= 11 is 0. The second-order valence-corrected chi connectivity index (χ2v) is 4.10. The van der Waals surface area contributed by atoms with Gasteiger partial charge in [-0.15, -0.1) is 0 Å². The van der Waals surface area contributed by atoms with E-state index in [1.807, 2.05) is 0 Å². The van der Waals surface area contributed by atoms with Crippen LogP contribution in [0.1, 0.15) is 39.5 Å². The van der Waals surface area contributed by atoms with Gasteiger partial charge in [-0.05, 0) is 49.3 Å². The number of rotatable bonds is 2. The summed E-state index contributed by atoms with van der Waals surface area (Å²) in [4.78, 5) is 0. The third-order valence-electron chi connectivity index (χ3n) is 3.20. The molecule has 0 spiro atoms. The topological polar surface area (TPSA) is 0 Å². The Balaban J connectivity index is 2.31. The van der Waals surface area contributed by atoms with E-state index >= 15 is 0 Å². The zero-order chi connectivity index (χ0) is 9.97. The smallest absolute Gasteiger partial charge is 0.00887 e. The lowest BCUT2D eigenvalue weighted by Crippen LogP contribution is -1.97. The molecule has 0 unspecified atom stereocenters. The Hall–Kier alpha value is -1.04. The van der Waals surface area contributed by atoms with Crippen molar-refractivity contribution in [1.29, 1.82) is 0 Å². The number of hydrogen-bond acceptors (Lipinski definition) is 0. The molecule has 2 aliphatic rings. The fourth-order valence-electron chi connectivity index (χ4n) is 2.34. The van der Waals surface area contributed by atoms with E-state index in [1.54, 1.807) is 22.3 Å². The minimum absolute atomic E-state index is 1.15. The molecular weight excluding hydrogens is 168 g/mol. The minimum atomic E-state index is 1.15. The van der Waals surface area contributed by atoms with Crippen LogP contribution in [-0.2, 0) is 0 Å². The maximum atomic E-state index is 2.31. The van der Waals surface area contributed by atoms with Crippen molar-refractivity contribution >= 4 is 0 Å². The molecule has 0 aromatic heterocycles. The molecule has 0 fully saturated rings. The molecule has 0 saturated carbocycles. The Labute approximate surface area is 86.7 Å². The van der Waals surface area contributed by atoms with Gasteiger partial charge in [-0.3, -0.25) is 0 Å². The second kappa shape index (κ2) is 4.00. The molecule has 0 aromatic carbocycles. The van der Waals surface area contributed by atoms with Crippen molar-refractivity contribution in [2.45, 2.75) is 39.5 Å². The third kappa shape index (κ3) is 1.61. The molecule has 0 atom stereocenters. The summed E-state index contributed by atoms with van der Waals surface area (Å²) < 4.78 is 0. The summed E-state index contributed by atoms with van der Waals surface area (Å²) in [5.74, 6) is 0. The van der Waals surface area contributed by atoms with Crippen LogP contribution in [0.4, 0.5) is 0 Å². The lowest BCUT2D eigenvalue weighted by molar-refractivity contribution is 0.998. The Bertz CT molecular complexity index is 348. The van der Waals surface area contributed by atoms with E-state index in [4.69, 9.17) is 0 Å². The standard InChI is InChI=1S/C14H18/c1-3-12-8-6-10-14(12)13-9-5-4-7-11(13)2/h4-6,8H,3,7,9-10H2,1-2H3. The van der Waals surface area contributed by atoms with Gasteiger partial charge in [0.2, 0.25) is 0 Å². The van der Waals surface area contributed by atoms with Crippen molar-refractivity contribution in [2.75, 3.05) is 0 Å². The largest absolute Gasteiger partial charge is 0.0841 e. The third-order valence-corrected chi connectivity index (χ3v) is 3.20. The van der Waals surface area contributed by atoms with Gasteiger partial charge in [0.15, 0.2) is 0 Å². The Morgan fingerprint density at radius 2 is 1.71 bits per heavy atom. The summed E-state index contributed by atoms with van der Waals surface area (Å²) in [5, 5.41) is 0. The van der Waals surface area contributed by atoms with Crippen molar-refractivity contribution in [2.24, 2.45) is 0 Å². The first kappa shape index (κ1) is 9.51. The summed E-state index contributed by atoms with van der Waals surface area (Å²) in [6.07, 6.45) is 13.8. The van der Waals surface area contributed by atoms with Crippen LogP contribution in [0.15, 0.2) is 46.6 Å². The molecule has 0 aliphatic heterocycles. The summed E-state index contributed by atoms with van der Waals surface area (Å²) in [6.45, 7) is 4.52. The zero-order valence-electron chi connectivity index (χ0n) is 9.14. The molecule has 2 rings (SSSR count). The van der Waals surface area contributed by atoms with Gasteiger partial charge in [0.05, 0.1) is 0 Å². The molecule has 2 aliphatic carbocycles. The van der Waals surface area contributed by atoms with E-state index in [9.17, 15) is 0 Å². The molecule has 0 nitrogen and oxygen atoms in total. The highest BCUT2D eigenvalue weighted by atomic mass is 14.2. The van der Waals surface area contributed by atoms with Crippen molar-refractivity contribution in [3.05, 3.63) is 46.6 Å².